The normalized spacial score (nSPS) is 12.4. The summed E-state index contributed by atoms with van der Waals surface area (Å²) in [6.45, 7) is 2.11. The molecule has 0 radical (unpaired) electrons. The van der Waals surface area contributed by atoms with Gasteiger partial charge in [-0.25, -0.2) is 8.78 Å². The summed E-state index contributed by atoms with van der Waals surface area (Å²) in [6, 6.07) is 12.3. The lowest BCUT2D eigenvalue weighted by Crippen LogP contribution is -2.23. The summed E-state index contributed by atoms with van der Waals surface area (Å²) < 4.78 is 26.1. The topological polar surface area (TPSA) is 12.0 Å². The molecule has 3 heteroatoms. The van der Waals surface area contributed by atoms with E-state index in [0.717, 1.165) is 18.1 Å². The fourth-order valence-corrected chi connectivity index (χ4v) is 1.96. The minimum absolute atomic E-state index is 0.411. The molecule has 1 N–H and O–H groups in total. The summed E-state index contributed by atoms with van der Waals surface area (Å²) in [7, 11) is 1.93. The van der Waals surface area contributed by atoms with Crippen molar-refractivity contribution in [2.45, 2.75) is 19.4 Å². The molecule has 0 saturated heterocycles. The van der Waals surface area contributed by atoms with Crippen molar-refractivity contribution in [2.75, 3.05) is 7.05 Å². The smallest absolute Gasteiger partial charge is 0.159 e. The minimum atomic E-state index is -0.816. The van der Waals surface area contributed by atoms with Crippen molar-refractivity contribution >= 4 is 0 Å². The minimum Gasteiger partial charge on any atom is -0.317 e. The Morgan fingerprint density at radius 1 is 0.947 bits per heavy atom. The van der Waals surface area contributed by atoms with Crippen molar-refractivity contribution < 1.29 is 8.78 Å². The van der Waals surface area contributed by atoms with Crippen molar-refractivity contribution in [3.05, 3.63) is 59.7 Å². The third kappa shape index (κ3) is 3.38. The summed E-state index contributed by atoms with van der Waals surface area (Å²) in [5.41, 5.74) is 2.79. The molecule has 2 aromatic rings. The lowest BCUT2D eigenvalue weighted by atomic mass is 10.0. The molecule has 0 heterocycles. The molecule has 1 unspecified atom stereocenters. The van der Waals surface area contributed by atoms with E-state index in [-0.39, 0.29) is 0 Å². The van der Waals surface area contributed by atoms with Crippen LogP contribution in [-0.4, -0.2) is 13.1 Å². The van der Waals surface area contributed by atoms with Crippen LogP contribution < -0.4 is 5.32 Å². The third-order valence-electron chi connectivity index (χ3n) is 3.24. The number of hydrogen-bond acceptors (Lipinski definition) is 1. The van der Waals surface area contributed by atoms with E-state index < -0.39 is 11.6 Å². The van der Waals surface area contributed by atoms with Crippen LogP contribution in [0, 0.1) is 11.6 Å². The van der Waals surface area contributed by atoms with Crippen LogP contribution in [0.25, 0.3) is 11.1 Å². The average molecular weight is 261 g/mol. The first kappa shape index (κ1) is 13.7. The second-order valence-electron chi connectivity index (χ2n) is 4.72. The molecule has 19 heavy (non-hydrogen) atoms. The highest BCUT2D eigenvalue weighted by atomic mass is 19.2. The SMILES string of the molecule is CNC(C)Cc1ccc(-c2ccc(F)c(F)c2)cc1. The van der Waals surface area contributed by atoms with Gasteiger partial charge in [-0.2, -0.15) is 0 Å². The standard InChI is InChI=1S/C16H17F2N/c1-11(19-2)9-12-3-5-13(6-4-12)14-7-8-15(17)16(18)10-14/h3-8,10-11,19H,9H2,1-2H3. The Morgan fingerprint density at radius 3 is 2.16 bits per heavy atom. The molecule has 0 saturated carbocycles. The Hall–Kier alpha value is -1.74. The lowest BCUT2D eigenvalue weighted by Gasteiger charge is -2.10. The summed E-state index contributed by atoms with van der Waals surface area (Å²) in [6.07, 6.45) is 0.939. The molecule has 0 spiro atoms. The third-order valence-corrected chi connectivity index (χ3v) is 3.24. The van der Waals surface area contributed by atoms with Gasteiger partial charge < -0.3 is 5.32 Å². The van der Waals surface area contributed by atoms with Crippen LogP contribution in [0.5, 0.6) is 0 Å². The number of halogens is 2. The molecule has 0 aromatic heterocycles. The summed E-state index contributed by atoms with van der Waals surface area (Å²) in [5, 5.41) is 3.18. The monoisotopic (exact) mass is 261 g/mol. The van der Waals surface area contributed by atoms with Gasteiger partial charge in [0, 0.05) is 6.04 Å². The van der Waals surface area contributed by atoms with Crippen molar-refractivity contribution in [1.82, 2.24) is 5.32 Å². The fourth-order valence-electron chi connectivity index (χ4n) is 1.96. The molecule has 1 atom stereocenters. The van der Waals surface area contributed by atoms with Crippen LogP contribution in [0.15, 0.2) is 42.5 Å². The van der Waals surface area contributed by atoms with E-state index >= 15 is 0 Å². The van der Waals surface area contributed by atoms with Gasteiger partial charge in [0.05, 0.1) is 0 Å². The van der Waals surface area contributed by atoms with Crippen LogP contribution >= 0.6 is 0 Å². The quantitative estimate of drug-likeness (QED) is 0.883. The number of nitrogens with one attached hydrogen (secondary N) is 1. The molecule has 0 aliphatic rings. The zero-order valence-electron chi connectivity index (χ0n) is 11.1. The maximum Gasteiger partial charge on any atom is 0.159 e. The number of benzene rings is 2. The van der Waals surface area contributed by atoms with E-state index in [9.17, 15) is 8.78 Å². The largest absolute Gasteiger partial charge is 0.317 e. The molecule has 0 aliphatic carbocycles. The Bertz CT molecular complexity index is 549. The first-order chi connectivity index (χ1) is 9.10. The zero-order valence-corrected chi connectivity index (χ0v) is 11.1. The van der Waals surface area contributed by atoms with Gasteiger partial charge in [-0.05, 0) is 49.2 Å². The molecule has 2 rings (SSSR count). The van der Waals surface area contributed by atoms with Crippen LogP contribution in [0.1, 0.15) is 12.5 Å². The van der Waals surface area contributed by atoms with Gasteiger partial charge in [0.25, 0.3) is 0 Å². The van der Waals surface area contributed by atoms with Crippen LogP contribution in [0.2, 0.25) is 0 Å². The molecule has 0 bridgehead atoms. The zero-order chi connectivity index (χ0) is 13.8. The van der Waals surface area contributed by atoms with Gasteiger partial charge in [0.2, 0.25) is 0 Å². The highest BCUT2D eigenvalue weighted by Gasteiger charge is 2.05. The van der Waals surface area contributed by atoms with Crippen molar-refractivity contribution in [2.24, 2.45) is 0 Å². The van der Waals surface area contributed by atoms with Crippen molar-refractivity contribution in [3.8, 4) is 11.1 Å². The van der Waals surface area contributed by atoms with Crippen LogP contribution in [0.4, 0.5) is 8.78 Å². The van der Waals surface area contributed by atoms with Gasteiger partial charge in [-0.15, -0.1) is 0 Å². The maximum atomic E-state index is 13.2. The van der Waals surface area contributed by atoms with Gasteiger partial charge in [0.15, 0.2) is 11.6 Å². The molecule has 100 valence electrons. The van der Waals surface area contributed by atoms with E-state index in [1.807, 2.05) is 31.3 Å². The van der Waals surface area contributed by atoms with Crippen molar-refractivity contribution in [3.63, 3.8) is 0 Å². The second-order valence-corrected chi connectivity index (χ2v) is 4.72. The van der Waals surface area contributed by atoms with Gasteiger partial charge in [0.1, 0.15) is 0 Å². The Labute approximate surface area is 112 Å². The highest BCUT2D eigenvalue weighted by Crippen LogP contribution is 2.22. The fraction of sp³-hybridized carbons (Fsp3) is 0.250. The van der Waals surface area contributed by atoms with Gasteiger partial charge in [-0.3, -0.25) is 0 Å². The average Bonchev–Trinajstić information content (AvgIpc) is 2.42. The molecular weight excluding hydrogens is 244 g/mol. The highest BCUT2D eigenvalue weighted by molar-refractivity contribution is 5.63. The van der Waals surface area contributed by atoms with E-state index in [2.05, 4.69) is 12.2 Å². The predicted octanol–water partition coefficient (Wildman–Crippen LogP) is 3.78. The molecule has 1 nitrogen and oxygen atoms in total. The molecule has 2 aromatic carbocycles. The van der Waals surface area contributed by atoms with E-state index in [4.69, 9.17) is 0 Å². The summed E-state index contributed by atoms with van der Waals surface area (Å²) in [4.78, 5) is 0. The number of rotatable bonds is 4. The molecule has 0 amide bonds. The summed E-state index contributed by atoms with van der Waals surface area (Å²) >= 11 is 0. The van der Waals surface area contributed by atoms with E-state index in [0.29, 0.717) is 11.6 Å². The maximum absolute atomic E-state index is 13.2. The lowest BCUT2D eigenvalue weighted by molar-refractivity contribution is 0.509. The van der Waals surface area contributed by atoms with E-state index in [1.54, 1.807) is 6.07 Å². The summed E-state index contributed by atoms with van der Waals surface area (Å²) in [5.74, 6) is -1.63. The Morgan fingerprint density at radius 2 is 1.58 bits per heavy atom. The van der Waals surface area contributed by atoms with Gasteiger partial charge >= 0.3 is 0 Å². The van der Waals surface area contributed by atoms with Crippen LogP contribution in [0.3, 0.4) is 0 Å². The molecule has 0 aliphatic heterocycles. The van der Waals surface area contributed by atoms with Crippen LogP contribution in [-0.2, 0) is 6.42 Å². The number of likely N-dealkylation sites (N-methyl/N-ethyl adjacent to an activating group) is 1. The van der Waals surface area contributed by atoms with Crippen molar-refractivity contribution in [1.29, 1.82) is 0 Å². The van der Waals surface area contributed by atoms with Gasteiger partial charge in [-0.1, -0.05) is 30.3 Å². The first-order valence-corrected chi connectivity index (χ1v) is 6.32. The van der Waals surface area contributed by atoms with E-state index in [1.165, 1.54) is 11.6 Å². The molecular formula is C16H17F2N. The predicted molar refractivity (Wildman–Crippen MR) is 74.0 cm³/mol. The first-order valence-electron chi connectivity index (χ1n) is 6.32. The second kappa shape index (κ2) is 5.93. The molecule has 0 fully saturated rings. The number of hydrogen-bond donors (Lipinski definition) is 1. The Balaban J connectivity index is 2.20. The Kier molecular flexibility index (Phi) is 4.27.